The van der Waals surface area contributed by atoms with E-state index in [-0.39, 0.29) is 36.1 Å². The molecule has 1 saturated carbocycles. The Balaban J connectivity index is 0.00000256. The molecule has 0 spiro atoms. The van der Waals surface area contributed by atoms with Crippen molar-refractivity contribution in [1.29, 1.82) is 0 Å². The number of fused-ring (bicyclic) bond motifs is 1. The number of imide groups is 1. The van der Waals surface area contributed by atoms with Gasteiger partial charge in [-0.15, -0.1) is 24.2 Å². The number of thioether (sulfide) groups is 1. The van der Waals surface area contributed by atoms with Gasteiger partial charge in [-0.05, 0) is 25.0 Å². The van der Waals surface area contributed by atoms with Gasteiger partial charge in [0.05, 0.1) is 17.5 Å². The van der Waals surface area contributed by atoms with Crippen LogP contribution in [-0.4, -0.2) is 66.1 Å². The third-order valence-electron chi connectivity index (χ3n) is 6.51. The zero-order valence-corrected chi connectivity index (χ0v) is 19.7. The molecule has 30 heavy (non-hydrogen) atoms. The molecular formula is C23H34ClN3O2S. The van der Waals surface area contributed by atoms with Gasteiger partial charge in [0.25, 0.3) is 0 Å². The number of halogens is 1. The van der Waals surface area contributed by atoms with Crippen LogP contribution in [0, 0.1) is 11.8 Å². The van der Waals surface area contributed by atoms with Gasteiger partial charge in [0.15, 0.2) is 0 Å². The number of rotatable bonds is 6. The van der Waals surface area contributed by atoms with E-state index < -0.39 is 0 Å². The number of amides is 2. The molecule has 166 valence electrons. The van der Waals surface area contributed by atoms with Crippen molar-refractivity contribution in [2.45, 2.75) is 49.7 Å². The lowest BCUT2D eigenvalue weighted by Crippen LogP contribution is -2.49. The summed E-state index contributed by atoms with van der Waals surface area (Å²) in [6.45, 7) is 9.75. The normalized spacial score (nSPS) is 24.9. The minimum Gasteiger partial charge on any atom is -0.368 e. The van der Waals surface area contributed by atoms with Crippen LogP contribution < -0.4 is 4.90 Å². The number of hydrogen-bond acceptors (Lipinski definition) is 5. The van der Waals surface area contributed by atoms with E-state index in [1.54, 1.807) is 4.90 Å². The summed E-state index contributed by atoms with van der Waals surface area (Å²) < 4.78 is 0. The Morgan fingerprint density at radius 1 is 0.933 bits per heavy atom. The van der Waals surface area contributed by atoms with Crippen LogP contribution in [-0.2, 0) is 9.59 Å². The third kappa shape index (κ3) is 4.97. The average molecular weight is 452 g/mol. The van der Waals surface area contributed by atoms with Crippen LogP contribution >= 0.6 is 24.2 Å². The summed E-state index contributed by atoms with van der Waals surface area (Å²) >= 11 is 1.92. The van der Waals surface area contributed by atoms with Crippen LogP contribution in [0.2, 0.25) is 0 Å². The second kappa shape index (κ2) is 10.4. The minimum atomic E-state index is -0.0249. The number of benzene rings is 1. The quantitative estimate of drug-likeness (QED) is 0.484. The van der Waals surface area contributed by atoms with Crippen LogP contribution in [0.5, 0.6) is 0 Å². The Kier molecular flexibility index (Phi) is 8.11. The summed E-state index contributed by atoms with van der Waals surface area (Å²) in [6, 6.07) is 8.68. The molecule has 2 saturated heterocycles. The lowest BCUT2D eigenvalue weighted by atomic mass is 9.81. The summed E-state index contributed by atoms with van der Waals surface area (Å²) in [5.74, 6) is 0.141. The minimum absolute atomic E-state index is 0. The fourth-order valence-electron chi connectivity index (χ4n) is 4.98. The molecule has 0 radical (unpaired) electrons. The predicted octanol–water partition coefficient (Wildman–Crippen LogP) is 3.91. The number of carbonyl (C=O) groups excluding carboxylic acids is 2. The second-order valence-electron chi connectivity index (χ2n) is 8.79. The molecule has 4 rings (SSSR count). The monoisotopic (exact) mass is 451 g/mol. The molecule has 2 amide bonds. The number of piperazine rings is 1. The van der Waals surface area contributed by atoms with E-state index in [0.717, 1.165) is 58.4 Å². The highest BCUT2D eigenvalue weighted by Gasteiger charge is 2.47. The molecule has 2 aliphatic heterocycles. The van der Waals surface area contributed by atoms with Gasteiger partial charge in [-0.1, -0.05) is 38.8 Å². The number of anilines is 1. The van der Waals surface area contributed by atoms with Gasteiger partial charge < -0.3 is 4.90 Å². The molecule has 7 heteroatoms. The summed E-state index contributed by atoms with van der Waals surface area (Å²) in [5, 5.41) is 0.566. The first-order valence-electron chi connectivity index (χ1n) is 11.1. The van der Waals surface area contributed by atoms with Crippen LogP contribution in [0.3, 0.4) is 0 Å². The average Bonchev–Trinajstić information content (AvgIpc) is 2.97. The molecule has 3 aliphatic rings. The van der Waals surface area contributed by atoms with Crippen LogP contribution in [0.15, 0.2) is 29.2 Å². The predicted molar refractivity (Wildman–Crippen MR) is 126 cm³/mol. The van der Waals surface area contributed by atoms with Crippen LogP contribution in [0.1, 0.15) is 39.5 Å². The van der Waals surface area contributed by atoms with E-state index >= 15 is 0 Å². The summed E-state index contributed by atoms with van der Waals surface area (Å²) in [6.07, 6.45) is 3.98. The summed E-state index contributed by atoms with van der Waals surface area (Å²) in [7, 11) is 0. The van der Waals surface area contributed by atoms with Gasteiger partial charge in [0.1, 0.15) is 0 Å². The van der Waals surface area contributed by atoms with Crippen molar-refractivity contribution in [3.63, 3.8) is 0 Å². The lowest BCUT2D eigenvalue weighted by Gasteiger charge is -2.37. The molecular weight excluding hydrogens is 418 g/mol. The topological polar surface area (TPSA) is 43.9 Å². The van der Waals surface area contributed by atoms with Crippen molar-refractivity contribution < 1.29 is 9.59 Å². The number of para-hydroxylation sites is 1. The maximum Gasteiger partial charge on any atom is 0.233 e. The first-order valence-corrected chi connectivity index (χ1v) is 12.0. The fourth-order valence-corrected chi connectivity index (χ4v) is 5.96. The lowest BCUT2D eigenvalue weighted by molar-refractivity contribution is -0.140. The van der Waals surface area contributed by atoms with Crippen molar-refractivity contribution in [2.24, 2.45) is 11.8 Å². The Bertz CT molecular complexity index is 728. The van der Waals surface area contributed by atoms with E-state index in [0.29, 0.717) is 11.8 Å². The summed E-state index contributed by atoms with van der Waals surface area (Å²) in [4.78, 5) is 33.1. The van der Waals surface area contributed by atoms with E-state index in [1.807, 2.05) is 11.8 Å². The molecule has 0 bridgehead atoms. The Morgan fingerprint density at radius 2 is 1.53 bits per heavy atom. The first-order chi connectivity index (χ1) is 14.0. The first kappa shape index (κ1) is 23.4. The molecule has 3 fully saturated rings. The van der Waals surface area contributed by atoms with Crippen LogP contribution in [0.25, 0.3) is 0 Å². The fraction of sp³-hybridized carbons (Fsp3) is 0.652. The molecule has 1 aromatic rings. The Morgan fingerprint density at radius 3 is 2.13 bits per heavy atom. The molecule has 5 nitrogen and oxygen atoms in total. The molecule has 2 unspecified atom stereocenters. The highest BCUT2D eigenvalue weighted by atomic mass is 35.5. The molecule has 0 aromatic heterocycles. The third-order valence-corrected chi connectivity index (χ3v) is 7.58. The van der Waals surface area contributed by atoms with E-state index in [1.165, 1.54) is 10.6 Å². The van der Waals surface area contributed by atoms with E-state index in [9.17, 15) is 9.59 Å². The van der Waals surface area contributed by atoms with Gasteiger partial charge >= 0.3 is 0 Å². The number of likely N-dealkylation sites (tertiary alicyclic amines) is 1. The molecule has 2 atom stereocenters. The van der Waals surface area contributed by atoms with E-state index in [4.69, 9.17) is 0 Å². The van der Waals surface area contributed by atoms with Crippen molar-refractivity contribution in [2.75, 3.05) is 44.2 Å². The second-order valence-corrected chi connectivity index (χ2v) is 10.4. The maximum absolute atomic E-state index is 12.7. The number of carbonyl (C=O) groups is 2. The molecule has 1 aliphatic carbocycles. The van der Waals surface area contributed by atoms with Crippen molar-refractivity contribution >= 4 is 41.7 Å². The Hall–Kier alpha value is -1.24. The van der Waals surface area contributed by atoms with E-state index in [2.05, 4.69) is 47.9 Å². The molecule has 2 heterocycles. The summed E-state index contributed by atoms with van der Waals surface area (Å²) in [5.41, 5.74) is 1.33. The zero-order chi connectivity index (χ0) is 20.4. The molecule has 1 aromatic carbocycles. The van der Waals surface area contributed by atoms with Gasteiger partial charge in [-0.2, -0.15) is 0 Å². The van der Waals surface area contributed by atoms with Gasteiger partial charge in [0.2, 0.25) is 11.8 Å². The van der Waals surface area contributed by atoms with Crippen molar-refractivity contribution in [3.05, 3.63) is 24.3 Å². The molecule has 0 N–H and O–H groups in total. The van der Waals surface area contributed by atoms with Gasteiger partial charge in [-0.25, -0.2) is 0 Å². The van der Waals surface area contributed by atoms with Crippen molar-refractivity contribution in [3.8, 4) is 0 Å². The standard InChI is InChI=1S/C23H33N3O2S.ClH/c1-17(2)29-21-10-6-5-9-20(21)25-14-11-24(12-15-25)13-16-26-22(27)18-7-3-4-8-19(18)23(26)28;/h5-6,9-10,17-19H,3-4,7-8,11-16H2,1-2H3;1H. The van der Waals surface area contributed by atoms with Crippen LogP contribution in [0.4, 0.5) is 5.69 Å². The largest absolute Gasteiger partial charge is 0.368 e. The van der Waals surface area contributed by atoms with Gasteiger partial charge in [0, 0.05) is 49.4 Å². The van der Waals surface area contributed by atoms with Gasteiger partial charge in [-0.3, -0.25) is 19.4 Å². The SMILES string of the molecule is CC(C)Sc1ccccc1N1CCN(CCN2C(=O)C3CCCCC3C2=O)CC1.Cl. The Labute approximate surface area is 190 Å². The number of nitrogens with zero attached hydrogens (tertiary/aromatic N) is 3. The number of hydrogen-bond donors (Lipinski definition) is 0. The maximum atomic E-state index is 12.7. The zero-order valence-electron chi connectivity index (χ0n) is 18.1. The van der Waals surface area contributed by atoms with Crippen molar-refractivity contribution in [1.82, 2.24) is 9.80 Å². The smallest absolute Gasteiger partial charge is 0.233 e. The highest BCUT2D eigenvalue weighted by Crippen LogP contribution is 2.38. The highest BCUT2D eigenvalue weighted by molar-refractivity contribution is 8.00.